The van der Waals surface area contributed by atoms with Crippen molar-refractivity contribution in [3.8, 4) is 0 Å². The number of carboxylic acid groups (broad SMARTS) is 2. The molecule has 4 saturated carbocycles. The van der Waals surface area contributed by atoms with E-state index in [1.54, 1.807) is 0 Å². The number of fused-ring (bicyclic) bond motifs is 5. The molecule has 4 aliphatic carbocycles. The summed E-state index contributed by atoms with van der Waals surface area (Å²) in [6.07, 6.45) is 6.93. The lowest BCUT2D eigenvalue weighted by Crippen LogP contribution is -2.62. The van der Waals surface area contributed by atoms with Crippen LogP contribution in [0.15, 0.2) is 0 Å². The second-order valence-electron chi connectivity index (χ2n) is 12.4. The summed E-state index contributed by atoms with van der Waals surface area (Å²) in [4.78, 5) is 35.4. The predicted octanol–water partition coefficient (Wildman–Crippen LogP) is 4.63. The highest BCUT2D eigenvalue weighted by atomic mass is 16.4. The number of hydrogen-bond acceptors (Lipinski definition) is 4. The summed E-state index contributed by atoms with van der Waals surface area (Å²) in [5.41, 5.74) is 0.0936. The fraction of sp³-hybridized carbons (Fsp3) is 0.889. The van der Waals surface area contributed by atoms with Gasteiger partial charge in [-0.05, 0) is 90.8 Å². The van der Waals surface area contributed by atoms with Crippen LogP contribution in [0.4, 0.5) is 0 Å². The number of hydrogen-bond donors (Lipinski definition) is 3. The Hall–Kier alpha value is -1.43. The van der Waals surface area contributed by atoms with Crippen LogP contribution in [0.5, 0.6) is 0 Å². The van der Waals surface area contributed by atoms with E-state index in [1.807, 2.05) is 6.92 Å². The number of aliphatic hydroxyl groups is 1. The van der Waals surface area contributed by atoms with Gasteiger partial charge < -0.3 is 15.3 Å². The molecule has 6 heteroatoms. The van der Waals surface area contributed by atoms with Crippen LogP contribution in [0.25, 0.3) is 0 Å². The van der Waals surface area contributed by atoms with Crippen molar-refractivity contribution in [1.82, 2.24) is 0 Å². The molecule has 0 saturated heterocycles. The molecule has 4 aliphatic rings. The van der Waals surface area contributed by atoms with Crippen molar-refractivity contribution in [2.24, 2.45) is 58.2 Å². The summed E-state index contributed by atoms with van der Waals surface area (Å²) in [6, 6.07) is 0. The van der Waals surface area contributed by atoms with E-state index >= 15 is 0 Å². The van der Waals surface area contributed by atoms with Crippen LogP contribution in [0.2, 0.25) is 0 Å². The van der Waals surface area contributed by atoms with E-state index in [1.165, 1.54) is 0 Å². The Labute approximate surface area is 197 Å². The molecule has 5 unspecified atom stereocenters. The van der Waals surface area contributed by atoms with Crippen molar-refractivity contribution in [2.45, 2.75) is 91.6 Å². The standard InChI is InChI=1S/C27H42O6/c1-5-16-21-13-15(28)8-10-27(21,4)20-9-11-26(3)18(6-7-19(26)22(20)23(16)29)14(2)12-17(24(30)31)25(32)33/h14,16-23,29H,5-13H2,1-4H3,(H,30,31)(H,32,33)/t14-,16-,18?,19?,20?,21+,22?,23?,26-,27-/m1/s1. The molecule has 0 aliphatic heterocycles. The maximum Gasteiger partial charge on any atom is 0.317 e. The first-order chi connectivity index (χ1) is 15.5. The van der Waals surface area contributed by atoms with E-state index in [-0.39, 0.29) is 46.8 Å². The van der Waals surface area contributed by atoms with Gasteiger partial charge in [0.25, 0.3) is 0 Å². The topological polar surface area (TPSA) is 112 Å². The second kappa shape index (κ2) is 8.66. The van der Waals surface area contributed by atoms with Gasteiger partial charge in [0.05, 0.1) is 6.10 Å². The fourth-order valence-corrected chi connectivity index (χ4v) is 9.58. The molecule has 33 heavy (non-hydrogen) atoms. The van der Waals surface area contributed by atoms with Gasteiger partial charge in [0, 0.05) is 12.8 Å². The molecule has 0 aromatic heterocycles. The Kier molecular flexibility index (Phi) is 6.48. The molecular weight excluding hydrogens is 420 g/mol. The van der Waals surface area contributed by atoms with Crippen LogP contribution < -0.4 is 0 Å². The van der Waals surface area contributed by atoms with Crippen molar-refractivity contribution in [1.29, 1.82) is 0 Å². The third kappa shape index (κ3) is 3.75. The third-order valence-electron chi connectivity index (χ3n) is 11.2. The van der Waals surface area contributed by atoms with Crippen molar-refractivity contribution in [2.75, 3.05) is 0 Å². The van der Waals surface area contributed by atoms with Gasteiger partial charge in [-0.15, -0.1) is 0 Å². The predicted molar refractivity (Wildman–Crippen MR) is 123 cm³/mol. The smallest absolute Gasteiger partial charge is 0.317 e. The minimum Gasteiger partial charge on any atom is -0.481 e. The molecule has 4 fully saturated rings. The summed E-state index contributed by atoms with van der Waals surface area (Å²) < 4.78 is 0. The van der Waals surface area contributed by atoms with Crippen LogP contribution in [-0.2, 0) is 14.4 Å². The van der Waals surface area contributed by atoms with E-state index in [2.05, 4.69) is 20.8 Å². The van der Waals surface area contributed by atoms with Gasteiger partial charge in [-0.1, -0.05) is 34.1 Å². The lowest BCUT2D eigenvalue weighted by molar-refractivity contribution is -0.194. The van der Waals surface area contributed by atoms with E-state index in [4.69, 9.17) is 0 Å². The first-order valence-corrected chi connectivity index (χ1v) is 13.1. The van der Waals surface area contributed by atoms with Gasteiger partial charge in [-0.2, -0.15) is 0 Å². The average Bonchev–Trinajstić information content (AvgIpc) is 3.10. The largest absolute Gasteiger partial charge is 0.481 e. The van der Waals surface area contributed by atoms with E-state index in [9.17, 15) is 29.7 Å². The summed E-state index contributed by atoms with van der Waals surface area (Å²) in [5.74, 6) is -1.80. The van der Waals surface area contributed by atoms with Gasteiger partial charge in [-0.3, -0.25) is 14.4 Å². The van der Waals surface area contributed by atoms with Gasteiger partial charge in [-0.25, -0.2) is 0 Å². The zero-order valence-corrected chi connectivity index (χ0v) is 20.6. The number of aliphatic hydroxyl groups excluding tert-OH is 1. The molecule has 0 heterocycles. The average molecular weight is 463 g/mol. The molecule has 0 spiro atoms. The molecule has 0 aromatic rings. The molecule has 6 nitrogen and oxygen atoms in total. The molecule has 0 aromatic carbocycles. The van der Waals surface area contributed by atoms with Crippen molar-refractivity contribution >= 4 is 17.7 Å². The number of ketones is 1. The van der Waals surface area contributed by atoms with Crippen LogP contribution in [-0.4, -0.2) is 39.1 Å². The molecule has 0 bridgehead atoms. The number of carbonyl (C=O) groups is 3. The molecular formula is C27H42O6. The second-order valence-corrected chi connectivity index (χ2v) is 12.4. The lowest BCUT2D eigenvalue weighted by atomic mass is 9.41. The SMILES string of the molecule is CC[C@H]1C(O)C2C3CCC([C@H](C)CC(C(=O)O)C(=O)O)[C@@]3(C)CCC2[C@@]2(C)CCC(=O)C[C@@H]12. The van der Waals surface area contributed by atoms with Crippen LogP contribution in [0, 0.1) is 58.2 Å². The van der Waals surface area contributed by atoms with Crippen LogP contribution in [0.1, 0.15) is 85.5 Å². The number of Topliss-reactive ketones (excluding diaryl/α,β-unsaturated/α-hetero) is 1. The Morgan fingerprint density at radius 1 is 1.00 bits per heavy atom. The normalized spacial score (nSPS) is 45.8. The number of aliphatic carboxylic acids is 2. The number of carboxylic acids is 2. The quantitative estimate of drug-likeness (QED) is 0.496. The maximum atomic E-state index is 12.4. The molecule has 186 valence electrons. The Morgan fingerprint density at radius 2 is 1.64 bits per heavy atom. The fourth-order valence-electron chi connectivity index (χ4n) is 9.58. The minimum absolute atomic E-state index is 0.00487. The first-order valence-electron chi connectivity index (χ1n) is 13.1. The highest BCUT2D eigenvalue weighted by Crippen LogP contribution is 2.69. The van der Waals surface area contributed by atoms with Crippen molar-refractivity contribution in [3.05, 3.63) is 0 Å². The highest BCUT2D eigenvalue weighted by Gasteiger charge is 2.65. The minimum atomic E-state index is -1.36. The molecule has 10 atom stereocenters. The Morgan fingerprint density at radius 3 is 2.24 bits per heavy atom. The first kappa shape index (κ1) is 24.7. The maximum absolute atomic E-state index is 12.4. The van der Waals surface area contributed by atoms with E-state index in [0.717, 1.165) is 38.5 Å². The molecule has 3 N–H and O–H groups in total. The summed E-state index contributed by atoms with van der Waals surface area (Å²) in [5, 5.41) is 30.5. The number of rotatable bonds is 6. The van der Waals surface area contributed by atoms with E-state index < -0.39 is 24.0 Å². The van der Waals surface area contributed by atoms with Crippen molar-refractivity contribution < 1.29 is 29.7 Å². The third-order valence-corrected chi connectivity index (χ3v) is 11.2. The van der Waals surface area contributed by atoms with Gasteiger partial charge >= 0.3 is 11.9 Å². The van der Waals surface area contributed by atoms with E-state index in [0.29, 0.717) is 30.5 Å². The lowest BCUT2D eigenvalue weighted by Gasteiger charge is -2.64. The monoisotopic (exact) mass is 462 g/mol. The number of carbonyl (C=O) groups excluding carboxylic acids is 1. The molecule has 0 amide bonds. The molecule has 0 radical (unpaired) electrons. The van der Waals surface area contributed by atoms with Gasteiger partial charge in [0.1, 0.15) is 5.78 Å². The van der Waals surface area contributed by atoms with Crippen LogP contribution in [0.3, 0.4) is 0 Å². The Bertz CT molecular complexity index is 794. The summed E-state index contributed by atoms with van der Waals surface area (Å²) in [6.45, 7) is 8.89. The van der Waals surface area contributed by atoms with Gasteiger partial charge in [0.2, 0.25) is 0 Å². The molecule has 4 rings (SSSR count). The summed E-state index contributed by atoms with van der Waals surface area (Å²) in [7, 11) is 0. The van der Waals surface area contributed by atoms with Crippen molar-refractivity contribution in [3.63, 3.8) is 0 Å². The summed E-state index contributed by atoms with van der Waals surface area (Å²) >= 11 is 0. The Balaban J connectivity index is 1.61. The van der Waals surface area contributed by atoms with Gasteiger partial charge in [0.15, 0.2) is 5.92 Å². The van der Waals surface area contributed by atoms with Crippen LogP contribution >= 0.6 is 0 Å². The zero-order chi connectivity index (χ0) is 24.3. The zero-order valence-electron chi connectivity index (χ0n) is 20.6. The highest BCUT2D eigenvalue weighted by molar-refractivity contribution is 5.92.